The van der Waals surface area contributed by atoms with Crippen molar-refractivity contribution in [3.05, 3.63) is 11.7 Å². The van der Waals surface area contributed by atoms with Crippen molar-refractivity contribution in [2.24, 2.45) is 4.99 Å². The van der Waals surface area contributed by atoms with Crippen molar-refractivity contribution in [1.82, 2.24) is 20.8 Å². The van der Waals surface area contributed by atoms with E-state index in [0.29, 0.717) is 44.0 Å². The van der Waals surface area contributed by atoms with Crippen LogP contribution in [0.15, 0.2) is 9.52 Å². The van der Waals surface area contributed by atoms with Crippen molar-refractivity contribution < 1.29 is 14.0 Å². The standard InChI is InChI=1S/C16H29N5O3/c1-3-17-16(19-9-7-15-20-13(2)21-24-15)18-8-5-10-22-12-14-6-4-11-23-14/h14H,3-12H2,1-2H3,(H2,17,18,19). The molecule has 2 rings (SSSR count). The van der Waals surface area contributed by atoms with Crippen molar-refractivity contribution >= 4 is 5.96 Å². The van der Waals surface area contributed by atoms with Crippen LogP contribution in [-0.4, -0.2) is 61.7 Å². The lowest BCUT2D eigenvalue weighted by Gasteiger charge is -2.11. The van der Waals surface area contributed by atoms with Crippen molar-refractivity contribution in [2.75, 3.05) is 39.5 Å². The van der Waals surface area contributed by atoms with Crippen molar-refractivity contribution in [1.29, 1.82) is 0 Å². The maximum absolute atomic E-state index is 5.64. The van der Waals surface area contributed by atoms with Crippen molar-refractivity contribution in [2.45, 2.75) is 45.6 Å². The molecule has 0 saturated carbocycles. The molecule has 1 atom stereocenters. The number of aryl methyl sites for hydroxylation is 1. The molecule has 1 fully saturated rings. The molecule has 1 unspecified atom stereocenters. The van der Waals surface area contributed by atoms with Gasteiger partial charge in [-0.3, -0.25) is 4.99 Å². The van der Waals surface area contributed by atoms with Gasteiger partial charge in [0.2, 0.25) is 5.89 Å². The van der Waals surface area contributed by atoms with E-state index < -0.39 is 0 Å². The molecule has 8 heteroatoms. The summed E-state index contributed by atoms with van der Waals surface area (Å²) in [6, 6.07) is 0. The molecule has 0 spiro atoms. The number of hydrogen-bond acceptors (Lipinski definition) is 6. The van der Waals surface area contributed by atoms with Crippen LogP contribution < -0.4 is 10.6 Å². The van der Waals surface area contributed by atoms with E-state index in [1.54, 1.807) is 0 Å². The monoisotopic (exact) mass is 339 g/mol. The number of nitrogens with zero attached hydrogens (tertiary/aromatic N) is 3. The van der Waals surface area contributed by atoms with E-state index in [2.05, 4.69) is 25.8 Å². The minimum atomic E-state index is 0.292. The van der Waals surface area contributed by atoms with Crippen LogP contribution in [0.25, 0.3) is 0 Å². The second-order valence-corrected chi connectivity index (χ2v) is 5.74. The lowest BCUT2D eigenvalue weighted by atomic mass is 10.2. The normalized spacial score (nSPS) is 18.1. The van der Waals surface area contributed by atoms with E-state index in [1.165, 1.54) is 0 Å². The molecule has 0 amide bonds. The van der Waals surface area contributed by atoms with Gasteiger partial charge in [-0.1, -0.05) is 5.16 Å². The summed E-state index contributed by atoms with van der Waals surface area (Å²) < 4.78 is 16.2. The molecule has 136 valence electrons. The summed E-state index contributed by atoms with van der Waals surface area (Å²) in [7, 11) is 0. The van der Waals surface area contributed by atoms with E-state index in [0.717, 1.165) is 44.9 Å². The highest BCUT2D eigenvalue weighted by atomic mass is 16.5. The number of ether oxygens (including phenoxy) is 2. The van der Waals surface area contributed by atoms with Gasteiger partial charge in [-0.15, -0.1) is 0 Å². The second-order valence-electron chi connectivity index (χ2n) is 5.74. The first-order valence-electron chi connectivity index (χ1n) is 8.78. The Kier molecular flexibility index (Phi) is 8.54. The molecule has 1 aromatic rings. The first kappa shape index (κ1) is 18.7. The van der Waals surface area contributed by atoms with Crippen molar-refractivity contribution in [3.63, 3.8) is 0 Å². The van der Waals surface area contributed by atoms with Gasteiger partial charge in [-0.2, -0.15) is 4.98 Å². The highest BCUT2D eigenvalue weighted by Gasteiger charge is 2.14. The average Bonchev–Trinajstić information content (AvgIpc) is 3.22. The maximum atomic E-state index is 5.64. The minimum Gasteiger partial charge on any atom is -0.379 e. The second kappa shape index (κ2) is 11.0. The van der Waals surface area contributed by atoms with Gasteiger partial charge in [0.05, 0.1) is 12.7 Å². The molecule has 0 bridgehead atoms. The summed E-state index contributed by atoms with van der Waals surface area (Å²) in [5, 5.41) is 10.3. The SMILES string of the molecule is CCNC(=NCCCOCC1CCCO1)NCCc1nc(C)no1. The third-order valence-electron chi connectivity index (χ3n) is 3.59. The Morgan fingerprint density at radius 3 is 3.04 bits per heavy atom. The molecular weight excluding hydrogens is 310 g/mol. The van der Waals surface area contributed by atoms with Gasteiger partial charge in [0.25, 0.3) is 0 Å². The van der Waals surface area contributed by atoms with Crippen LogP contribution in [0.2, 0.25) is 0 Å². The zero-order chi connectivity index (χ0) is 17.0. The van der Waals surface area contributed by atoms with E-state index in [1.807, 2.05) is 13.8 Å². The average molecular weight is 339 g/mol. The van der Waals surface area contributed by atoms with Crippen LogP contribution in [0, 0.1) is 6.92 Å². The fourth-order valence-corrected chi connectivity index (χ4v) is 2.42. The molecule has 0 aromatic carbocycles. The Morgan fingerprint density at radius 2 is 2.33 bits per heavy atom. The van der Waals surface area contributed by atoms with Crippen LogP contribution in [0.5, 0.6) is 0 Å². The van der Waals surface area contributed by atoms with Gasteiger partial charge >= 0.3 is 0 Å². The topological polar surface area (TPSA) is 93.8 Å². The molecule has 1 aliphatic rings. The van der Waals surface area contributed by atoms with Crippen LogP contribution in [0.4, 0.5) is 0 Å². The minimum absolute atomic E-state index is 0.292. The summed E-state index contributed by atoms with van der Waals surface area (Å²) in [6.45, 7) is 8.38. The van der Waals surface area contributed by atoms with Crippen LogP contribution in [-0.2, 0) is 15.9 Å². The molecule has 0 radical (unpaired) electrons. The third-order valence-corrected chi connectivity index (χ3v) is 3.59. The fourth-order valence-electron chi connectivity index (χ4n) is 2.42. The van der Waals surface area contributed by atoms with E-state index in [4.69, 9.17) is 14.0 Å². The van der Waals surface area contributed by atoms with Gasteiger partial charge in [0.15, 0.2) is 11.8 Å². The smallest absolute Gasteiger partial charge is 0.228 e. The molecular formula is C16H29N5O3. The van der Waals surface area contributed by atoms with Gasteiger partial charge < -0.3 is 24.6 Å². The highest BCUT2D eigenvalue weighted by Crippen LogP contribution is 2.11. The molecule has 1 aromatic heterocycles. The van der Waals surface area contributed by atoms with Gasteiger partial charge in [0, 0.05) is 39.3 Å². The number of nitrogens with one attached hydrogen (secondary N) is 2. The number of aliphatic imine (C=N–C) groups is 1. The predicted octanol–water partition coefficient (Wildman–Crippen LogP) is 1.06. The Labute approximate surface area is 143 Å². The summed E-state index contributed by atoms with van der Waals surface area (Å²) in [6.07, 6.45) is 4.13. The van der Waals surface area contributed by atoms with E-state index in [9.17, 15) is 0 Å². The maximum Gasteiger partial charge on any atom is 0.228 e. The lowest BCUT2D eigenvalue weighted by Crippen LogP contribution is -2.38. The Bertz CT molecular complexity index is 486. The first-order valence-corrected chi connectivity index (χ1v) is 8.78. The third kappa shape index (κ3) is 7.27. The van der Waals surface area contributed by atoms with Crippen LogP contribution in [0.1, 0.15) is 37.9 Å². The zero-order valence-corrected chi connectivity index (χ0v) is 14.7. The predicted molar refractivity (Wildman–Crippen MR) is 91.1 cm³/mol. The summed E-state index contributed by atoms with van der Waals surface area (Å²) in [4.78, 5) is 8.71. The number of hydrogen-bond donors (Lipinski definition) is 2. The summed E-state index contributed by atoms with van der Waals surface area (Å²) >= 11 is 0. The quantitative estimate of drug-likeness (QED) is 0.374. The van der Waals surface area contributed by atoms with Crippen molar-refractivity contribution in [3.8, 4) is 0 Å². The molecule has 24 heavy (non-hydrogen) atoms. The van der Waals surface area contributed by atoms with Crippen LogP contribution >= 0.6 is 0 Å². The Balaban J connectivity index is 1.57. The molecule has 0 aliphatic carbocycles. The first-order chi connectivity index (χ1) is 11.8. The number of guanidine groups is 1. The molecule has 2 N–H and O–H groups in total. The van der Waals surface area contributed by atoms with E-state index >= 15 is 0 Å². The summed E-state index contributed by atoms with van der Waals surface area (Å²) in [5.41, 5.74) is 0. The lowest BCUT2D eigenvalue weighted by molar-refractivity contribution is 0.0171. The van der Waals surface area contributed by atoms with Gasteiger partial charge in [0.1, 0.15) is 0 Å². The largest absolute Gasteiger partial charge is 0.379 e. The molecule has 8 nitrogen and oxygen atoms in total. The highest BCUT2D eigenvalue weighted by molar-refractivity contribution is 5.79. The number of aromatic nitrogens is 2. The molecule has 1 aliphatic heterocycles. The number of rotatable bonds is 10. The molecule has 1 saturated heterocycles. The molecule has 2 heterocycles. The fraction of sp³-hybridized carbons (Fsp3) is 0.812. The summed E-state index contributed by atoms with van der Waals surface area (Å²) in [5.74, 6) is 2.10. The van der Waals surface area contributed by atoms with Crippen LogP contribution in [0.3, 0.4) is 0 Å². The zero-order valence-electron chi connectivity index (χ0n) is 14.7. The Morgan fingerprint density at radius 1 is 1.42 bits per heavy atom. The van der Waals surface area contributed by atoms with E-state index in [-0.39, 0.29) is 0 Å². The Hall–Kier alpha value is -1.67. The van der Waals surface area contributed by atoms with Gasteiger partial charge in [-0.25, -0.2) is 0 Å². The van der Waals surface area contributed by atoms with Gasteiger partial charge in [-0.05, 0) is 33.1 Å².